The normalized spacial score (nSPS) is 16.1. The SMILES string of the molecule is CCOP(=O)(CC1=C(C)c2nnnn2CCC1)OCC. The molecule has 0 aliphatic carbocycles. The number of aromatic nitrogens is 4. The van der Waals surface area contributed by atoms with Gasteiger partial charge in [-0.2, -0.15) is 0 Å². The standard InChI is InChI=1S/C12H21N4O3P/c1-4-18-20(17,19-5-2)9-11-7-6-8-16-12(10(11)3)13-14-15-16/h4-9H2,1-3H3. The summed E-state index contributed by atoms with van der Waals surface area (Å²) in [6.07, 6.45) is 2.08. The highest BCUT2D eigenvalue weighted by atomic mass is 31.2. The fraction of sp³-hybridized carbons (Fsp3) is 0.750. The zero-order valence-electron chi connectivity index (χ0n) is 12.2. The Morgan fingerprint density at radius 1 is 1.30 bits per heavy atom. The molecular formula is C12H21N4O3P. The first kappa shape index (κ1) is 15.4. The molecule has 0 radical (unpaired) electrons. The molecule has 0 saturated heterocycles. The third-order valence-corrected chi connectivity index (χ3v) is 5.35. The summed E-state index contributed by atoms with van der Waals surface area (Å²) in [6, 6.07) is 0. The maximum absolute atomic E-state index is 12.7. The number of hydrogen-bond donors (Lipinski definition) is 0. The van der Waals surface area contributed by atoms with Crippen molar-refractivity contribution in [3.8, 4) is 0 Å². The van der Waals surface area contributed by atoms with Crippen molar-refractivity contribution >= 4 is 13.2 Å². The number of tetrazole rings is 1. The van der Waals surface area contributed by atoms with Crippen molar-refractivity contribution in [3.05, 3.63) is 11.4 Å². The minimum absolute atomic E-state index is 0.313. The largest absolute Gasteiger partial charge is 0.334 e. The molecule has 1 aliphatic rings. The summed E-state index contributed by atoms with van der Waals surface area (Å²) in [6.45, 7) is 7.13. The highest BCUT2D eigenvalue weighted by Gasteiger charge is 2.28. The monoisotopic (exact) mass is 300 g/mol. The van der Waals surface area contributed by atoms with Crippen LogP contribution in [0.1, 0.15) is 39.4 Å². The molecule has 0 unspecified atom stereocenters. The van der Waals surface area contributed by atoms with Crippen LogP contribution in [0, 0.1) is 0 Å². The van der Waals surface area contributed by atoms with Crippen LogP contribution in [-0.4, -0.2) is 39.6 Å². The van der Waals surface area contributed by atoms with Crippen LogP contribution < -0.4 is 0 Å². The molecule has 0 amide bonds. The van der Waals surface area contributed by atoms with Crippen LogP contribution >= 0.6 is 7.60 Å². The molecule has 0 atom stereocenters. The summed E-state index contributed by atoms with van der Waals surface area (Å²) in [5, 5.41) is 11.7. The van der Waals surface area contributed by atoms with Gasteiger partial charge >= 0.3 is 7.60 Å². The molecule has 1 aliphatic heterocycles. The van der Waals surface area contributed by atoms with E-state index in [1.54, 1.807) is 4.68 Å². The van der Waals surface area contributed by atoms with E-state index in [0.29, 0.717) is 19.4 Å². The number of fused-ring (bicyclic) bond motifs is 1. The second-order valence-electron chi connectivity index (χ2n) is 4.66. The minimum Gasteiger partial charge on any atom is -0.309 e. The van der Waals surface area contributed by atoms with Gasteiger partial charge in [-0.25, -0.2) is 4.68 Å². The van der Waals surface area contributed by atoms with Crippen LogP contribution in [0.5, 0.6) is 0 Å². The summed E-state index contributed by atoms with van der Waals surface area (Å²) < 4.78 is 25.2. The molecule has 2 rings (SSSR count). The Balaban J connectivity index is 2.27. The molecule has 112 valence electrons. The van der Waals surface area contributed by atoms with Crippen LogP contribution in [0.4, 0.5) is 0 Å². The van der Waals surface area contributed by atoms with Gasteiger partial charge in [0.1, 0.15) is 0 Å². The van der Waals surface area contributed by atoms with Crippen molar-refractivity contribution in [3.63, 3.8) is 0 Å². The summed E-state index contributed by atoms with van der Waals surface area (Å²) >= 11 is 0. The van der Waals surface area contributed by atoms with Gasteiger partial charge in [-0.05, 0) is 49.6 Å². The van der Waals surface area contributed by atoms with E-state index in [-0.39, 0.29) is 0 Å². The van der Waals surface area contributed by atoms with E-state index < -0.39 is 7.60 Å². The average Bonchev–Trinajstić information content (AvgIpc) is 2.80. The highest BCUT2D eigenvalue weighted by Crippen LogP contribution is 2.51. The first-order chi connectivity index (χ1) is 9.59. The molecule has 20 heavy (non-hydrogen) atoms. The molecule has 1 aromatic heterocycles. The number of allylic oxidation sites excluding steroid dienone is 2. The van der Waals surface area contributed by atoms with Gasteiger partial charge in [0, 0.05) is 6.54 Å². The molecule has 0 bridgehead atoms. The van der Waals surface area contributed by atoms with Crippen molar-refractivity contribution in [1.82, 2.24) is 20.2 Å². The molecule has 0 spiro atoms. The fourth-order valence-corrected chi connectivity index (χ4v) is 4.27. The Morgan fingerprint density at radius 3 is 2.65 bits per heavy atom. The Bertz CT molecular complexity index is 531. The third kappa shape index (κ3) is 3.34. The molecule has 1 aromatic rings. The first-order valence-electron chi connectivity index (χ1n) is 6.93. The summed E-state index contributed by atoms with van der Waals surface area (Å²) in [5.74, 6) is 0.747. The molecular weight excluding hydrogens is 279 g/mol. The van der Waals surface area contributed by atoms with Crippen LogP contribution in [0.25, 0.3) is 5.57 Å². The van der Waals surface area contributed by atoms with Gasteiger partial charge in [-0.15, -0.1) is 5.10 Å². The lowest BCUT2D eigenvalue weighted by Gasteiger charge is -2.19. The number of aryl methyl sites for hydroxylation is 1. The second-order valence-corrected chi connectivity index (χ2v) is 6.72. The van der Waals surface area contributed by atoms with E-state index in [1.165, 1.54) is 0 Å². The second kappa shape index (κ2) is 6.61. The highest BCUT2D eigenvalue weighted by molar-refractivity contribution is 7.54. The predicted octanol–water partition coefficient (Wildman–Crippen LogP) is 2.51. The van der Waals surface area contributed by atoms with E-state index in [1.807, 2.05) is 20.8 Å². The minimum atomic E-state index is -3.07. The Hall–Kier alpha value is -1.04. The van der Waals surface area contributed by atoms with Crippen LogP contribution in [0.3, 0.4) is 0 Å². The quantitative estimate of drug-likeness (QED) is 0.751. The smallest absolute Gasteiger partial charge is 0.309 e. The van der Waals surface area contributed by atoms with Crippen molar-refractivity contribution in [2.75, 3.05) is 19.4 Å². The van der Waals surface area contributed by atoms with E-state index in [2.05, 4.69) is 15.5 Å². The van der Waals surface area contributed by atoms with E-state index in [9.17, 15) is 4.57 Å². The van der Waals surface area contributed by atoms with Crippen molar-refractivity contribution in [1.29, 1.82) is 0 Å². The molecule has 8 heteroatoms. The van der Waals surface area contributed by atoms with Gasteiger partial charge in [0.05, 0.1) is 19.4 Å². The third-order valence-electron chi connectivity index (χ3n) is 3.28. The van der Waals surface area contributed by atoms with Crippen LogP contribution in [-0.2, 0) is 20.2 Å². The van der Waals surface area contributed by atoms with Gasteiger partial charge in [-0.1, -0.05) is 5.57 Å². The Morgan fingerprint density at radius 2 is 2.00 bits per heavy atom. The lowest BCUT2D eigenvalue weighted by molar-refractivity contribution is 0.222. The fourth-order valence-electron chi connectivity index (χ4n) is 2.37. The molecule has 2 heterocycles. The number of nitrogens with zero attached hydrogens (tertiary/aromatic N) is 4. The average molecular weight is 300 g/mol. The van der Waals surface area contributed by atoms with Crippen molar-refractivity contribution in [2.45, 2.75) is 40.2 Å². The zero-order valence-corrected chi connectivity index (χ0v) is 13.1. The Labute approximate surface area is 118 Å². The van der Waals surface area contributed by atoms with Gasteiger partial charge in [0.2, 0.25) is 0 Å². The van der Waals surface area contributed by atoms with Gasteiger partial charge in [0.25, 0.3) is 0 Å². The lowest BCUT2D eigenvalue weighted by Crippen LogP contribution is -2.04. The zero-order chi connectivity index (χ0) is 14.6. The number of hydrogen-bond acceptors (Lipinski definition) is 6. The molecule has 0 fully saturated rings. The predicted molar refractivity (Wildman–Crippen MR) is 75.4 cm³/mol. The van der Waals surface area contributed by atoms with Crippen LogP contribution in [0.2, 0.25) is 0 Å². The van der Waals surface area contributed by atoms with E-state index in [4.69, 9.17) is 9.05 Å². The van der Waals surface area contributed by atoms with Gasteiger partial charge in [-0.3, -0.25) is 4.57 Å². The van der Waals surface area contributed by atoms with Gasteiger partial charge in [0.15, 0.2) is 5.82 Å². The first-order valence-corrected chi connectivity index (χ1v) is 8.65. The maximum Gasteiger partial charge on any atom is 0.334 e. The van der Waals surface area contributed by atoms with Crippen molar-refractivity contribution in [2.24, 2.45) is 0 Å². The lowest BCUT2D eigenvalue weighted by atomic mass is 10.1. The molecule has 7 nitrogen and oxygen atoms in total. The molecule has 0 saturated carbocycles. The molecule has 0 N–H and O–H groups in total. The summed E-state index contributed by atoms with van der Waals surface area (Å²) in [5.41, 5.74) is 2.04. The summed E-state index contributed by atoms with van der Waals surface area (Å²) in [4.78, 5) is 0. The van der Waals surface area contributed by atoms with Gasteiger partial charge < -0.3 is 9.05 Å². The van der Waals surface area contributed by atoms with E-state index >= 15 is 0 Å². The Kier molecular flexibility index (Phi) is 5.07. The molecule has 0 aromatic carbocycles. The summed E-state index contributed by atoms with van der Waals surface area (Å²) in [7, 11) is -3.07. The topological polar surface area (TPSA) is 79.1 Å². The maximum atomic E-state index is 12.7. The van der Waals surface area contributed by atoms with Crippen molar-refractivity contribution < 1.29 is 13.6 Å². The van der Waals surface area contributed by atoms with E-state index in [0.717, 1.165) is 36.4 Å². The van der Waals surface area contributed by atoms with Crippen LogP contribution in [0.15, 0.2) is 5.57 Å². The number of rotatable bonds is 6.